The quantitative estimate of drug-likeness (QED) is 0.0824. The van der Waals surface area contributed by atoms with Gasteiger partial charge in [-0.15, -0.1) is 0 Å². The molecule has 0 saturated carbocycles. The zero-order valence-electron chi connectivity index (χ0n) is 26.7. The van der Waals surface area contributed by atoms with E-state index in [0.29, 0.717) is 11.1 Å². The molecule has 0 bridgehead atoms. The molecule has 10 heteroatoms. The average Bonchev–Trinajstić information content (AvgIpc) is 3.10. The molecular weight excluding hydrogens is 669 g/mol. The molecule has 2 N–H and O–H groups in total. The van der Waals surface area contributed by atoms with Crippen molar-refractivity contribution in [2.75, 3.05) is 9.80 Å². The predicted molar refractivity (Wildman–Crippen MR) is 201 cm³/mol. The van der Waals surface area contributed by atoms with Gasteiger partial charge in [0.05, 0.1) is 11.4 Å². The van der Waals surface area contributed by atoms with E-state index < -0.39 is 31.7 Å². The average molecular weight is 701 g/mol. The molecule has 0 radical (unpaired) electrons. The maximum Gasteiger partial charge on any atom is 0.269 e. The molecule has 0 aliphatic heterocycles. The van der Waals surface area contributed by atoms with Crippen LogP contribution >= 0.6 is 0 Å². The summed E-state index contributed by atoms with van der Waals surface area (Å²) in [5.74, 6) is -0.962. The lowest BCUT2D eigenvalue weighted by Crippen LogP contribution is -2.14. The van der Waals surface area contributed by atoms with Crippen molar-refractivity contribution in [1.82, 2.24) is 0 Å². The molecule has 0 aliphatic rings. The fraction of sp³-hybridized carbons (Fsp3) is 0.0500. The van der Waals surface area contributed by atoms with E-state index in [1.165, 1.54) is 0 Å². The number of hydrogen-bond donors (Lipinski definition) is 2. The maximum absolute atomic E-state index is 11.6. The zero-order valence-corrected chi connectivity index (χ0v) is 28.3. The molecule has 0 spiro atoms. The number of para-hydroxylation sites is 2. The second-order valence-corrected chi connectivity index (χ2v) is 14.8. The highest BCUT2D eigenvalue weighted by atomic mass is 32.2. The third kappa shape index (κ3) is 6.96. The first-order valence-corrected chi connectivity index (χ1v) is 19.0. The van der Waals surface area contributed by atoms with E-state index in [2.05, 4.69) is 34.1 Å². The lowest BCUT2D eigenvalue weighted by atomic mass is 9.95. The van der Waals surface area contributed by atoms with Crippen LogP contribution in [0.2, 0.25) is 0 Å². The number of nitrogens with zero attached hydrogens (tertiary/aromatic N) is 2. The van der Waals surface area contributed by atoms with Crippen LogP contribution in [0.25, 0.3) is 21.5 Å². The smallest absolute Gasteiger partial charge is 0.269 e. The van der Waals surface area contributed by atoms with Gasteiger partial charge in [-0.25, -0.2) is 0 Å². The van der Waals surface area contributed by atoms with Crippen molar-refractivity contribution in [3.8, 4) is 0 Å². The van der Waals surface area contributed by atoms with E-state index in [1.807, 2.05) is 109 Å². The van der Waals surface area contributed by atoms with Crippen LogP contribution in [0, 0.1) is 0 Å². The molecule has 7 aromatic rings. The van der Waals surface area contributed by atoms with E-state index in [9.17, 15) is 25.9 Å². The SMILES string of the molecule is O=S(=O)(O)Cc1ccc(N(c2ccccc2)c2c3ccccc3c(N(c3ccccc3)c3ccc(CS(=O)(=O)O)cc3)c3ccccc23)cc1. The Hall–Kier alpha value is -5.52. The molecule has 0 aromatic heterocycles. The zero-order chi connectivity index (χ0) is 34.9. The monoisotopic (exact) mass is 700 g/mol. The van der Waals surface area contributed by atoms with Gasteiger partial charge in [0.15, 0.2) is 0 Å². The second-order valence-electron chi connectivity index (χ2n) is 11.9. The van der Waals surface area contributed by atoms with Crippen LogP contribution in [0.15, 0.2) is 158 Å². The third-order valence-electron chi connectivity index (χ3n) is 8.44. The molecule has 0 unspecified atom stereocenters. The molecule has 0 amide bonds. The van der Waals surface area contributed by atoms with Gasteiger partial charge in [0.2, 0.25) is 0 Å². The van der Waals surface area contributed by atoms with Crippen molar-refractivity contribution in [3.63, 3.8) is 0 Å². The van der Waals surface area contributed by atoms with Crippen molar-refractivity contribution in [1.29, 1.82) is 0 Å². The highest BCUT2D eigenvalue weighted by molar-refractivity contribution is 7.85. The normalized spacial score (nSPS) is 11.9. The van der Waals surface area contributed by atoms with Gasteiger partial charge in [-0.3, -0.25) is 9.11 Å². The van der Waals surface area contributed by atoms with Crippen LogP contribution in [0.3, 0.4) is 0 Å². The number of anilines is 6. The molecule has 0 atom stereocenters. The van der Waals surface area contributed by atoms with Crippen molar-refractivity contribution < 1.29 is 25.9 Å². The van der Waals surface area contributed by atoms with Crippen LogP contribution in [-0.4, -0.2) is 25.9 Å². The molecule has 0 aliphatic carbocycles. The van der Waals surface area contributed by atoms with E-state index in [-0.39, 0.29) is 0 Å². The Bertz CT molecular complexity index is 2290. The van der Waals surface area contributed by atoms with Gasteiger partial charge in [-0.05, 0) is 59.7 Å². The Labute approximate surface area is 291 Å². The molecule has 0 heterocycles. The number of fused-ring (bicyclic) bond motifs is 2. The molecular formula is C40H32N2O6S2. The number of benzene rings is 7. The van der Waals surface area contributed by atoms with Gasteiger partial charge in [0.25, 0.3) is 20.2 Å². The highest BCUT2D eigenvalue weighted by Crippen LogP contribution is 2.50. The first kappa shape index (κ1) is 33.0. The van der Waals surface area contributed by atoms with Crippen LogP contribution < -0.4 is 9.80 Å². The minimum Gasteiger partial charge on any atom is -0.309 e. The Morgan fingerprint density at radius 1 is 0.360 bits per heavy atom. The van der Waals surface area contributed by atoms with Crippen molar-refractivity contribution in [2.45, 2.75) is 11.5 Å². The Kier molecular flexibility index (Phi) is 8.85. The first-order valence-electron chi connectivity index (χ1n) is 15.8. The van der Waals surface area contributed by atoms with Gasteiger partial charge >= 0.3 is 0 Å². The summed E-state index contributed by atoms with van der Waals surface area (Å²) in [5, 5.41) is 3.82. The molecule has 250 valence electrons. The van der Waals surface area contributed by atoms with Gasteiger partial charge in [0, 0.05) is 44.3 Å². The Morgan fingerprint density at radius 3 is 0.900 bits per heavy atom. The van der Waals surface area contributed by atoms with Gasteiger partial charge in [0.1, 0.15) is 11.5 Å². The minimum absolute atomic E-state index is 0.468. The lowest BCUT2D eigenvalue weighted by Gasteiger charge is -2.33. The topological polar surface area (TPSA) is 115 Å². The number of hydrogen-bond acceptors (Lipinski definition) is 6. The van der Waals surface area contributed by atoms with Crippen LogP contribution in [-0.2, 0) is 31.7 Å². The van der Waals surface area contributed by atoms with Gasteiger partial charge in [-0.1, -0.05) is 109 Å². The minimum atomic E-state index is -4.20. The fourth-order valence-electron chi connectivity index (χ4n) is 6.44. The molecule has 50 heavy (non-hydrogen) atoms. The van der Waals surface area contributed by atoms with Crippen LogP contribution in [0.1, 0.15) is 11.1 Å². The lowest BCUT2D eigenvalue weighted by molar-refractivity contribution is 0.479. The van der Waals surface area contributed by atoms with Gasteiger partial charge < -0.3 is 9.80 Å². The highest BCUT2D eigenvalue weighted by Gasteiger charge is 2.25. The molecule has 7 rings (SSSR count). The predicted octanol–water partition coefficient (Wildman–Crippen LogP) is 9.71. The summed E-state index contributed by atoms with van der Waals surface area (Å²) in [6, 6.07) is 50.5. The number of rotatable bonds is 10. The molecule has 7 aromatic carbocycles. The molecule has 8 nitrogen and oxygen atoms in total. The van der Waals surface area contributed by atoms with Crippen LogP contribution in [0.5, 0.6) is 0 Å². The summed E-state index contributed by atoms with van der Waals surface area (Å²) >= 11 is 0. The fourth-order valence-corrected chi connectivity index (χ4v) is 7.66. The first-order chi connectivity index (χ1) is 24.1. The molecule has 0 saturated heterocycles. The molecule has 0 fully saturated rings. The van der Waals surface area contributed by atoms with E-state index in [4.69, 9.17) is 0 Å². The summed E-state index contributed by atoms with van der Waals surface area (Å²) in [5.41, 5.74) is 6.17. The van der Waals surface area contributed by atoms with Crippen molar-refractivity contribution >= 4 is 75.9 Å². The second kappa shape index (κ2) is 13.4. The van der Waals surface area contributed by atoms with Crippen molar-refractivity contribution in [3.05, 3.63) is 169 Å². The third-order valence-corrected chi connectivity index (χ3v) is 9.83. The summed E-state index contributed by atoms with van der Waals surface area (Å²) in [7, 11) is -8.40. The summed E-state index contributed by atoms with van der Waals surface area (Å²) < 4.78 is 65.4. The maximum atomic E-state index is 11.6. The summed E-state index contributed by atoms with van der Waals surface area (Å²) in [6.45, 7) is 0. The van der Waals surface area contributed by atoms with Gasteiger partial charge in [-0.2, -0.15) is 16.8 Å². The van der Waals surface area contributed by atoms with Crippen molar-refractivity contribution in [2.24, 2.45) is 0 Å². The largest absolute Gasteiger partial charge is 0.309 e. The van der Waals surface area contributed by atoms with E-state index in [0.717, 1.165) is 55.7 Å². The van der Waals surface area contributed by atoms with E-state index >= 15 is 0 Å². The summed E-state index contributed by atoms with van der Waals surface area (Å²) in [6.07, 6.45) is 0. The Balaban J connectivity index is 1.51. The summed E-state index contributed by atoms with van der Waals surface area (Å²) in [4.78, 5) is 4.31. The standard InChI is InChI=1S/C40H32N2O6S2/c43-49(44,45)27-29-19-23-33(24-20-29)41(31-11-3-1-4-12-31)39-35-15-7-9-17-37(35)40(38-18-10-8-16-36(38)39)42(32-13-5-2-6-14-32)34-25-21-30(22-26-34)28-50(46,47)48/h1-26H,27-28H2,(H,43,44,45)(H,46,47,48). The van der Waals surface area contributed by atoms with Crippen LogP contribution in [0.4, 0.5) is 34.1 Å². The Morgan fingerprint density at radius 2 is 0.620 bits per heavy atom. The van der Waals surface area contributed by atoms with E-state index in [1.54, 1.807) is 24.3 Å².